The van der Waals surface area contributed by atoms with Gasteiger partial charge < -0.3 is 15.3 Å². The summed E-state index contributed by atoms with van der Waals surface area (Å²) in [5, 5.41) is 14.6. The summed E-state index contributed by atoms with van der Waals surface area (Å²) < 4.78 is 0. The highest BCUT2D eigenvalue weighted by Gasteiger charge is 2.56. The Bertz CT molecular complexity index is 966. The van der Waals surface area contributed by atoms with Crippen molar-refractivity contribution in [1.29, 1.82) is 0 Å². The smallest absolute Gasteiger partial charge is 0.325 e. The van der Waals surface area contributed by atoms with Crippen molar-refractivity contribution in [1.82, 2.24) is 20.2 Å². The Morgan fingerprint density at radius 1 is 1.03 bits per heavy atom. The minimum absolute atomic E-state index is 0.0329. The number of hydrogen-bond donors (Lipinski definition) is 2. The number of anilines is 1. The summed E-state index contributed by atoms with van der Waals surface area (Å²) in [4.78, 5) is 26.1. The van der Waals surface area contributed by atoms with Crippen molar-refractivity contribution in [2.75, 3.05) is 25.0 Å². The lowest BCUT2D eigenvalue weighted by Crippen LogP contribution is -2.59. The maximum Gasteiger partial charge on any atom is 0.325 e. The van der Waals surface area contributed by atoms with Gasteiger partial charge >= 0.3 is 6.03 Å². The van der Waals surface area contributed by atoms with Gasteiger partial charge in [0.15, 0.2) is 0 Å². The molecule has 2 heterocycles. The zero-order chi connectivity index (χ0) is 22.4. The van der Waals surface area contributed by atoms with Gasteiger partial charge in [0.1, 0.15) is 5.82 Å². The number of aliphatic hydroxyl groups is 1. The van der Waals surface area contributed by atoms with E-state index in [0.29, 0.717) is 18.9 Å². The van der Waals surface area contributed by atoms with Crippen LogP contribution >= 0.6 is 0 Å². The summed E-state index contributed by atoms with van der Waals surface area (Å²) in [6.45, 7) is 2.87. The van der Waals surface area contributed by atoms with Gasteiger partial charge in [-0.25, -0.2) is 14.8 Å². The lowest BCUT2D eigenvalue weighted by atomic mass is 9.68. The van der Waals surface area contributed by atoms with Crippen molar-refractivity contribution in [2.45, 2.75) is 68.5 Å². The molecule has 32 heavy (non-hydrogen) atoms. The number of benzene rings is 1. The number of urea groups is 1. The van der Waals surface area contributed by atoms with Gasteiger partial charge in [-0.15, -0.1) is 0 Å². The molecule has 2 amide bonds. The SMILES string of the molecule is CNC1(c2ccccc2)CCC2(CC1)CN(c1cnc(C)nc1)C(=O)N2CC1(O)CCC1. The molecular formula is C25H33N5O2. The van der Waals surface area contributed by atoms with Crippen LogP contribution in [0.15, 0.2) is 42.7 Å². The molecule has 0 atom stereocenters. The van der Waals surface area contributed by atoms with Crippen LogP contribution in [0.25, 0.3) is 0 Å². The van der Waals surface area contributed by atoms with Crippen molar-refractivity contribution >= 4 is 11.7 Å². The zero-order valence-electron chi connectivity index (χ0n) is 19.0. The fourth-order valence-electron chi connectivity index (χ4n) is 5.81. The number of rotatable bonds is 5. The number of amides is 2. The summed E-state index contributed by atoms with van der Waals surface area (Å²) in [5.74, 6) is 0.690. The lowest BCUT2D eigenvalue weighted by Gasteiger charge is -2.50. The van der Waals surface area contributed by atoms with Crippen molar-refractivity contribution < 1.29 is 9.90 Å². The molecule has 0 bridgehead atoms. The number of carbonyl (C=O) groups excluding carboxylic acids is 1. The van der Waals surface area contributed by atoms with E-state index in [1.165, 1.54) is 5.56 Å². The highest BCUT2D eigenvalue weighted by molar-refractivity contribution is 5.95. The van der Waals surface area contributed by atoms with Gasteiger partial charge in [-0.3, -0.25) is 4.90 Å². The molecule has 0 radical (unpaired) electrons. The zero-order valence-corrected chi connectivity index (χ0v) is 19.0. The minimum Gasteiger partial charge on any atom is -0.388 e. The number of β-amino-alcohol motifs (C(OH)–C–C–N with tert-alkyl or cyclic N) is 1. The third kappa shape index (κ3) is 3.48. The van der Waals surface area contributed by atoms with Gasteiger partial charge in [0, 0.05) is 5.54 Å². The maximum absolute atomic E-state index is 13.7. The number of nitrogens with zero attached hydrogens (tertiary/aromatic N) is 4. The van der Waals surface area contributed by atoms with E-state index in [9.17, 15) is 9.90 Å². The number of aromatic nitrogens is 2. The van der Waals surface area contributed by atoms with Crippen molar-refractivity contribution in [3.8, 4) is 0 Å². The summed E-state index contributed by atoms with van der Waals surface area (Å²) in [6.07, 6.45) is 9.68. The normalized spacial score (nSPS) is 29.4. The van der Waals surface area contributed by atoms with E-state index < -0.39 is 5.60 Å². The predicted octanol–water partition coefficient (Wildman–Crippen LogP) is 3.37. The monoisotopic (exact) mass is 435 g/mol. The quantitative estimate of drug-likeness (QED) is 0.753. The molecule has 2 saturated carbocycles. The summed E-state index contributed by atoms with van der Waals surface area (Å²) >= 11 is 0. The van der Waals surface area contributed by atoms with Crippen molar-refractivity contribution in [3.05, 3.63) is 54.1 Å². The van der Waals surface area contributed by atoms with Gasteiger partial charge in [-0.1, -0.05) is 30.3 Å². The third-order valence-corrected chi connectivity index (χ3v) is 8.14. The third-order valence-electron chi connectivity index (χ3n) is 8.14. The summed E-state index contributed by atoms with van der Waals surface area (Å²) in [6, 6.07) is 10.6. The van der Waals surface area contributed by atoms with Crippen LogP contribution in [-0.2, 0) is 5.54 Å². The molecule has 0 unspecified atom stereocenters. The van der Waals surface area contributed by atoms with E-state index in [1.807, 2.05) is 23.8 Å². The van der Waals surface area contributed by atoms with Gasteiger partial charge in [-0.05, 0) is 64.5 Å². The molecule has 1 aromatic carbocycles. The molecule has 1 spiro atoms. The van der Waals surface area contributed by atoms with Crippen LogP contribution in [0.1, 0.15) is 56.3 Å². The van der Waals surface area contributed by atoms with Gasteiger partial charge in [-0.2, -0.15) is 0 Å². The van der Waals surface area contributed by atoms with Gasteiger partial charge in [0.2, 0.25) is 0 Å². The molecular weight excluding hydrogens is 402 g/mol. The lowest BCUT2D eigenvalue weighted by molar-refractivity contribution is -0.0690. The Balaban J connectivity index is 1.45. The molecule has 170 valence electrons. The van der Waals surface area contributed by atoms with E-state index >= 15 is 0 Å². The molecule has 7 nitrogen and oxygen atoms in total. The summed E-state index contributed by atoms with van der Waals surface area (Å²) in [7, 11) is 2.04. The van der Waals surface area contributed by atoms with Crippen LogP contribution in [0.3, 0.4) is 0 Å². The molecule has 2 aliphatic carbocycles. The van der Waals surface area contributed by atoms with Crippen LogP contribution in [0.4, 0.5) is 10.5 Å². The molecule has 1 aromatic heterocycles. The van der Waals surface area contributed by atoms with Crippen LogP contribution in [0.2, 0.25) is 0 Å². The fourth-order valence-corrected chi connectivity index (χ4v) is 5.81. The molecule has 3 aliphatic rings. The van der Waals surface area contributed by atoms with Crippen LogP contribution in [-0.4, -0.2) is 57.3 Å². The van der Waals surface area contributed by atoms with Crippen LogP contribution < -0.4 is 10.2 Å². The molecule has 2 N–H and O–H groups in total. The number of aryl methyl sites for hydroxylation is 1. The van der Waals surface area contributed by atoms with E-state index in [0.717, 1.165) is 50.6 Å². The van der Waals surface area contributed by atoms with E-state index in [2.05, 4.69) is 45.6 Å². The standard InChI is InChI=1S/C25H33N5O2/c1-19-27-15-21(16-28-19)29-17-23(30(22(29)31)18-24(32)9-6-10-24)11-13-25(26-2,14-12-23)20-7-4-3-5-8-20/h3-5,7-8,15-16,26,32H,6,9-14,17-18H2,1-2H3. The van der Waals surface area contributed by atoms with Crippen molar-refractivity contribution in [3.63, 3.8) is 0 Å². The Labute approximate surface area is 189 Å². The molecule has 1 saturated heterocycles. The second-order valence-corrected chi connectivity index (χ2v) is 9.94. The average molecular weight is 436 g/mol. The number of carbonyl (C=O) groups is 1. The highest BCUT2D eigenvalue weighted by Crippen LogP contribution is 2.48. The fraction of sp³-hybridized carbons (Fsp3) is 0.560. The topological polar surface area (TPSA) is 81.6 Å². The first-order valence-electron chi connectivity index (χ1n) is 11.7. The second-order valence-electron chi connectivity index (χ2n) is 9.94. The minimum atomic E-state index is -0.751. The molecule has 7 heteroatoms. The molecule has 2 aromatic rings. The Hall–Kier alpha value is -2.51. The van der Waals surface area contributed by atoms with Crippen LogP contribution in [0, 0.1) is 6.92 Å². The maximum atomic E-state index is 13.7. The first kappa shape index (κ1) is 21.3. The summed E-state index contributed by atoms with van der Waals surface area (Å²) in [5.41, 5.74) is 0.905. The average Bonchev–Trinajstić information content (AvgIpc) is 3.06. The second kappa shape index (κ2) is 7.81. The Morgan fingerprint density at radius 3 is 2.25 bits per heavy atom. The molecule has 1 aliphatic heterocycles. The highest BCUT2D eigenvalue weighted by atomic mass is 16.3. The largest absolute Gasteiger partial charge is 0.388 e. The molecule has 3 fully saturated rings. The van der Waals surface area contributed by atoms with Crippen molar-refractivity contribution in [2.24, 2.45) is 0 Å². The first-order valence-corrected chi connectivity index (χ1v) is 11.7. The predicted molar refractivity (Wildman–Crippen MR) is 123 cm³/mol. The van der Waals surface area contributed by atoms with E-state index in [1.54, 1.807) is 12.4 Å². The molecule has 5 rings (SSSR count). The van der Waals surface area contributed by atoms with Gasteiger partial charge in [0.25, 0.3) is 0 Å². The number of nitrogens with one attached hydrogen (secondary N) is 1. The van der Waals surface area contributed by atoms with E-state index in [4.69, 9.17) is 0 Å². The van der Waals surface area contributed by atoms with Crippen LogP contribution in [0.5, 0.6) is 0 Å². The Morgan fingerprint density at radius 2 is 1.69 bits per heavy atom. The van der Waals surface area contributed by atoms with E-state index in [-0.39, 0.29) is 17.1 Å². The Kier molecular flexibility index (Phi) is 5.21. The first-order chi connectivity index (χ1) is 15.4. The number of hydrogen-bond acceptors (Lipinski definition) is 5. The van der Waals surface area contributed by atoms with Gasteiger partial charge in [0.05, 0.1) is 42.3 Å².